The molecule has 0 aliphatic rings. The average Bonchev–Trinajstić information content (AvgIpc) is 2.76. The van der Waals surface area contributed by atoms with Gasteiger partial charge < -0.3 is 64.5 Å². The number of nitrogens with one attached hydrogen (secondary N) is 1. The second kappa shape index (κ2) is 24.9. The van der Waals surface area contributed by atoms with Crippen LogP contribution in [0.5, 0.6) is 0 Å². The van der Waals surface area contributed by atoms with Gasteiger partial charge in [-0.1, -0.05) is 87.4 Å². The molecule has 1 N–H and O–H groups in total. The Morgan fingerprint density at radius 3 is 1.34 bits per heavy atom. The number of rotatable bonds is 10. The van der Waals surface area contributed by atoms with Gasteiger partial charge in [0.05, 0.1) is 13.2 Å². The average molecular weight is 561 g/mol. The Labute approximate surface area is 229 Å². The van der Waals surface area contributed by atoms with E-state index >= 15 is 0 Å². The molecule has 0 heterocycles. The number of benzene rings is 2. The van der Waals surface area contributed by atoms with Crippen LogP contribution >= 0.6 is 24.4 Å². The molecule has 2 aromatic carbocycles. The number of unbranched alkanes of at least 4 members (excludes halogenated alkanes) is 2. The van der Waals surface area contributed by atoms with Crippen molar-refractivity contribution in [1.29, 1.82) is 0 Å². The maximum Gasteiger partial charge on any atom is 2.00 e. The Hall–Kier alpha value is -0.757. The van der Waals surface area contributed by atoms with E-state index in [9.17, 15) is 0 Å². The largest absolute Gasteiger partial charge is 2.00 e. The minimum atomic E-state index is 0. The molecule has 3 nitrogen and oxygen atoms in total. The fourth-order valence-electron chi connectivity index (χ4n) is 2.14. The van der Waals surface area contributed by atoms with E-state index in [0.717, 1.165) is 38.8 Å². The molecule has 0 saturated carbocycles. The number of hydrogen-bond donors (Lipinski definition) is 1. The predicted octanol–water partition coefficient (Wildman–Crippen LogP) is 6.24. The van der Waals surface area contributed by atoms with Crippen molar-refractivity contribution in [2.24, 2.45) is 0 Å². The molecule has 8 heteroatoms. The van der Waals surface area contributed by atoms with Crippen molar-refractivity contribution in [3.63, 3.8) is 0 Å². The molecule has 2 aromatic rings. The van der Waals surface area contributed by atoms with E-state index < -0.39 is 0 Å². The summed E-state index contributed by atoms with van der Waals surface area (Å²) in [5.41, 5.74) is 2.65. The zero-order chi connectivity index (χ0) is 23.2. The quantitative estimate of drug-likeness (QED) is 0.159. The normalized spacial score (nSPS) is 9.06. The van der Waals surface area contributed by atoms with E-state index in [4.69, 9.17) is 9.47 Å². The zero-order valence-electron chi connectivity index (χ0n) is 19.1. The summed E-state index contributed by atoms with van der Waals surface area (Å²) in [5, 5.41) is 3.42. The maximum atomic E-state index is 4.83. The second-order valence-electron chi connectivity index (χ2n) is 6.48. The van der Waals surface area contributed by atoms with E-state index in [0.29, 0.717) is 13.2 Å². The minimum absolute atomic E-state index is 0. The Balaban J connectivity index is 0. The molecule has 0 aliphatic heterocycles. The summed E-state index contributed by atoms with van der Waals surface area (Å²) in [6, 6.07) is 20.9. The third kappa shape index (κ3) is 23.9. The molecule has 172 valence electrons. The predicted molar refractivity (Wildman–Crippen MR) is 145 cm³/mol. The number of hydrogen-bond acceptors (Lipinski definition) is 7. The summed E-state index contributed by atoms with van der Waals surface area (Å²) in [6.07, 6.45) is 4.32. The summed E-state index contributed by atoms with van der Waals surface area (Å²) in [5.74, 6) is 0. The molecule has 0 atom stereocenters. The first kappa shape index (κ1) is 33.4. The van der Waals surface area contributed by atoms with E-state index in [2.05, 4.69) is 117 Å². The standard InChI is InChI=1S/C14H15N.2C5H10OS2.Zn/c1-3-7-13(8-4-1)11-15-12-14-9-5-2-6-10-14;2*1-2-3-4-6-5(7)8;/h1-10,15H,11-12H2;2*2-4H2,1H3,(H,7,8);/q;;;+2/p-2. The first-order valence-corrected chi connectivity index (χ1v) is 12.1. The topological polar surface area (TPSA) is 30.5 Å². The van der Waals surface area contributed by atoms with Crippen LogP contribution in [-0.2, 0) is 67.3 Å². The van der Waals surface area contributed by atoms with E-state index in [1.807, 2.05) is 12.1 Å². The zero-order valence-corrected chi connectivity index (χ0v) is 25.3. The van der Waals surface area contributed by atoms with Gasteiger partial charge >= 0.3 is 19.5 Å². The van der Waals surface area contributed by atoms with Gasteiger partial charge in [0.25, 0.3) is 0 Å². The first-order chi connectivity index (χ1) is 15.0. The van der Waals surface area contributed by atoms with Gasteiger partial charge in [-0.05, 0) is 24.0 Å². The van der Waals surface area contributed by atoms with Crippen LogP contribution in [0.4, 0.5) is 0 Å². The van der Waals surface area contributed by atoms with Gasteiger partial charge in [-0.15, -0.1) is 0 Å². The van der Waals surface area contributed by atoms with Crippen LogP contribution in [0.25, 0.3) is 0 Å². The third-order valence-electron chi connectivity index (χ3n) is 3.78. The molecular formula is C24H33NO2S4Zn. The van der Waals surface area contributed by atoms with Crippen LogP contribution in [0.3, 0.4) is 0 Å². The molecule has 0 unspecified atom stereocenters. The molecule has 0 aliphatic carbocycles. The summed E-state index contributed by atoms with van der Waals surface area (Å²) >= 11 is 18.0. The van der Waals surface area contributed by atoms with Crippen LogP contribution in [0.15, 0.2) is 60.7 Å². The van der Waals surface area contributed by atoms with Crippen molar-refractivity contribution >= 4 is 58.5 Å². The summed E-state index contributed by atoms with van der Waals surface area (Å²) in [6.45, 7) is 7.40. The van der Waals surface area contributed by atoms with Crippen molar-refractivity contribution < 1.29 is 29.0 Å². The third-order valence-corrected chi connectivity index (χ3v) is 4.25. The van der Waals surface area contributed by atoms with Crippen LogP contribution in [0.1, 0.15) is 50.7 Å². The van der Waals surface area contributed by atoms with Gasteiger partial charge in [-0.25, -0.2) is 0 Å². The fraction of sp³-hybridized carbons (Fsp3) is 0.417. The molecule has 32 heavy (non-hydrogen) atoms. The summed E-state index contributed by atoms with van der Waals surface area (Å²) in [4.78, 5) is 0. The van der Waals surface area contributed by atoms with Crippen molar-refractivity contribution in [2.45, 2.75) is 52.6 Å². The molecule has 0 saturated heterocycles. The van der Waals surface area contributed by atoms with Crippen molar-refractivity contribution in [3.05, 3.63) is 71.8 Å². The van der Waals surface area contributed by atoms with Gasteiger partial charge in [0.1, 0.15) is 0 Å². The minimum Gasteiger partial charge on any atom is -0.514 e. The van der Waals surface area contributed by atoms with Crippen LogP contribution < -0.4 is 5.32 Å². The SMILES string of the molecule is CCCCOC(=S)[S-].CCCCOC(=S)[S-].[Zn+2].c1ccc(CNCc2ccccc2)cc1. The Morgan fingerprint density at radius 1 is 0.719 bits per heavy atom. The van der Waals surface area contributed by atoms with Gasteiger partial charge in [0, 0.05) is 21.9 Å². The van der Waals surface area contributed by atoms with Gasteiger partial charge in [0.15, 0.2) is 0 Å². The maximum absolute atomic E-state index is 4.83. The van der Waals surface area contributed by atoms with Crippen LogP contribution in [0, 0.1) is 0 Å². The molecule has 0 fully saturated rings. The van der Waals surface area contributed by atoms with E-state index in [1.54, 1.807) is 0 Å². The van der Waals surface area contributed by atoms with Crippen LogP contribution in [0.2, 0.25) is 0 Å². The molecule has 0 amide bonds. The molecular weight excluding hydrogens is 528 g/mol. The number of ether oxygens (including phenoxy) is 2. The van der Waals surface area contributed by atoms with E-state index in [1.165, 1.54) is 11.1 Å². The second-order valence-corrected chi connectivity index (χ2v) is 8.48. The first-order valence-electron chi connectivity index (χ1n) is 10.5. The molecule has 2 rings (SSSR count). The Morgan fingerprint density at radius 2 is 1.06 bits per heavy atom. The van der Waals surface area contributed by atoms with Gasteiger partial charge in [-0.3, -0.25) is 0 Å². The molecule has 0 bridgehead atoms. The summed E-state index contributed by atoms with van der Waals surface area (Å²) < 4.78 is 10.1. The number of thiocarbonyl (C=S) groups is 2. The van der Waals surface area contributed by atoms with Crippen molar-refractivity contribution in [3.8, 4) is 0 Å². The fourth-order valence-corrected chi connectivity index (χ4v) is 2.48. The monoisotopic (exact) mass is 559 g/mol. The van der Waals surface area contributed by atoms with Crippen LogP contribution in [-0.4, -0.2) is 22.0 Å². The Kier molecular flexibility index (Phi) is 26.0. The molecule has 0 aromatic heterocycles. The molecule has 0 spiro atoms. The Bertz CT molecular complexity index is 631. The summed E-state index contributed by atoms with van der Waals surface area (Å²) in [7, 11) is 0. The van der Waals surface area contributed by atoms with Gasteiger partial charge in [0.2, 0.25) is 0 Å². The smallest absolute Gasteiger partial charge is 0.514 e. The molecule has 0 radical (unpaired) electrons. The van der Waals surface area contributed by atoms with E-state index in [-0.39, 0.29) is 28.2 Å². The van der Waals surface area contributed by atoms with Gasteiger partial charge in [-0.2, -0.15) is 0 Å². The van der Waals surface area contributed by atoms with Crippen molar-refractivity contribution in [1.82, 2.24) is 5.32 Å². The van der Waals surface area contributed by atoms with Crippen molar-refractivity contribution in [2.75, 3.05) is 13.2 Å².